The van der Waals surface area contributed by atoms with E-state index < -0.39 is 28.5 Å². The number of hydrogen-bond donors (Lipinski definition) is 1. The summed E-state index contributed by atoms with van der Waals surface area (Å²) in [7, 11) is -4.23. The third-order valence-corrected chi connectivity index (χ3v) is 10.0. The second-order valence-electron chi connectivity index (χ2n) is 10.9. The molecule has 0 bridgehead atoms. The number of hydrogen-bond acceptors (Lipinski definition) is 4. The normalized spacial score (nSPS) is 12.6. The number of halogens is 2. The van der Waals surface area contributed by atoms with Gasteiger partial charge in [0, 0.05) is 29.1 Å². The van der Waals surface area contributed by atoms with Gasteiger partial charge in [-0.05, 0) is 73.4 Å². The van der Waals surface area contributed by atoms with Crippen LogP contribution in [0.15, 0.2) is 108 Å². The Bertz CT molecular complexity index is 1720. The van der Waals surface area contributed by atoms with Crippen LogP contribution in [0, 0.1) is 6.92 Å². The molecule has 2 amide bonds. The predicted octanol–water partition coefficient (Wildman–Crippen LogP) is 7.05. The highest BCUT2D eigenvalue weighted by Crippen LogP contribution is 2.29. The van der Waals surface area contributed by atoms with E-state index in [1.807, 2.05) is 44.2 Å². The molecule has 0 aromatic heterocycles. The fraction of sp³-hybridized carbons (Fsp3) is 0.257. The number of benzene rings is 4. The molecule has 0 saturated heterocycles. The van der Waals surface area contributed by atoms with Crippen LogP contribution in [-0.4, -0.2) is 43.8 Å². The Kier molecular flexibility index (Phi) is 11.7. The summed E-state index contributed by atoms with van der Waals surface area (Å²) in [6.07, 6.45) is 0.913. The van der Waals surface area contributed by atoms with E-state index in [4.69, 9.17) is 23.2 Å². The largest absolute Gasteiger partial charge is 0.352 e. The second-order valence-corrected chi connectivity index (χ2v) is 13.6. The first-order valence-corrected chi connectivity index (χ1v) is 16.9. The van der Waals surface area contributed by atoms with Gasteiger partial charge in [-0.3, -0.25) is 13.9 Å². The zero-order chi connectivity index (χ0) is 32.6. The zero-order valence-corrected chi connectivity index (χ0v) is 27.8. The van der Waals surface area contributed by atoms with Crippen LogP contribution in [0.1, 0.15) is 37.0 Å². The number of rotatable bonds is 13. The summed E-state index contributed by atoms with van der Waals surface area (Å²) in [6.45, 7) is 5.08. The fourth-order valence-electron chi connectivity index (χ4n) is 4.90. The quantitative estimate of drug-likeness (QED) is 0.166. The van der Waals surface area contributed by atoms with Crippen molar-refractivity contribution in [1.82, 2.24) is 10.2 Å². The number of para-hydroxylation sites is 1. The van der Waals surface area contributed by atoms with E-state index >= 15 is 0 Å². The number of carbonyl (C=O) groups is 2. The third kappa shape index (κ3) is 8.66. The minimum atomic E-state index is -4.23. The Labute approximate surface area is 275 Å². The number of nitrogens with zero attached hydrogens (tertiary/aromatic N) is 2. The van der Waals surface area contributed by atoms with Crippen molar-refractivity contribution in [3.05, 3.63) is 130 Å². The molecule has 0 aliphatic rings. The van der Waals surface area contributed by atoms with Crippen LogP contribution in [-0.2, 0) is 32.6 Å². The van der Waals surface area contributed by atoms with Gasteiger partial charge >= 0.3 is 0 Å². The molecular weight excluding hydrogens is 629 g/mol. The topological polar surface area (TPSA) is 86.8 Å². The van der Waals surface area contributed by atoms with E-state index in [1.165, 1.54) is 29.2 Å². The van der Waals surface area contributed by atoms with Crippen molar-refractivity contribution in [2.45, 2.75) is 57.1 Å². The SMILES string of the molecule is CC[C@H](C)NC(=O)[C@H](Cc1ccccc1)N(Cc1ccccc1Cl)C(=O)CN(c1ccccc1C)S(=O)(=O)c1ccc(Cl)cc1. The van der Waals surface area contributed by atoms with Gasteiger partial charge in [-0.1, -0.05) is 96.9 Å². The second kappa shape index (κ2) is 15.4. The number of amides is 2. The number of aryl methyl sites for hydroxylation is 1. The Morgan fingerprint density at radius 3 is 2.11 bits per heavy atom. The Balaban J connectivity index is 1.83. The third-order valence-electron chi connectivity index (χ3n) is 7.64. The highest BCUT2D eigenvalue weighted by Gasteiger charge is 2.35. The predicted molar refractivity (Wildman–Crippen MR) is 181 cm³/mol. The van der Waals surface area contributed by atoms with Crippen molar-refractivity contribution < 1.29 is 18.0 Å². The maximum atomic E-state index is 14.6. The fourth-order valence-corrected chi connectivity index (χ4v) is 6.70. The van der Waals surface area contributed by atoms with Crippen LogP contribution in [0.2, 0.25) is 10.0 Å². The van der Waals surface area contributed by atoms with E-state index in [2.05, 4.69) is 5.32 Å². The van der Waals surface area contributed by atoms with Gasteiger partial charge < -0.3 is 10.2 Å². The minimum Gasteiger partial charge on any atom is -0.352 e. The highest BCUT2D eigenvalue weighted by atomic mass is 35.5. The van der Waals surface area contributed by atoms with Crippen molar-refractivity contribution in [2.24, 2.45) is 0 Å². The van der Waals surface area contributed by atoms with Gasteiger partial charge in [0.1, 0.15) is 12.6 Å². The standard InChI is InChI=1S/C35H37Cl2N3O4S/c1-4-26(3)38-35(42)33(22-27-13-6-5-7-14-27)39(23-28-15-9-10-16-31(28)37)34(41)24-40(32-17-11-8-12-25(32)2)45(43,44)30-20-18-29(36)19-21-30/h5-21,26,33H,4,22-24H2,1-3H3,(H,38,42)/t26-,33-/m0/s1. The van der Waals surface area contributed by atoms with Gasteiger partial charge in [0.15, 0.2) is 0 Å². The first-order valence-electron chi connectivity index (χ1n) is 14.7. The van der Waals surface area contributed by atoms with Crippen molar-refractivity contribution in [3.8, 4) is 0 Å². The Morgan fingerprint density at radius 1 is 0.844 bits per heavy atom. The molecule has 0 spiro atoms. The average Bonchev–Trinajstić information content (AvgIpc) is 3.03. The van der Waals surface area contributed by atoms with Gasteiger partial charge in [-0.25, -0.2) is 8.42 Å². The summed E-state index contributed by atoms with van der Waals surface area (Å²) in [5, 5.41) is 3.85. The van der Waals surface area contributed by atoms with Crippen LogP contribution < -0.4 is 9.62 Å². The van der Waals surface area contributed by atoms with Gasteiger partial charge in [-0.15, -0.1) is 0 Å². The zero-order valence-electron chi connectivity index (χ0n) is 25.5. The molecule has 0 heterocycles. The van der Waals surface area contributed by atoms with E-state index in [9.17, 15) is 18.0 Å². The number of sulfonamides is 1. The lowest BCUT2D eigenvalue weighted by molar-refractivity contribution is -0.140. The summed E-state index contributed by atoms with van der Waals surface area (Å²) in [6, 6.07) is 28.2. The lowest BCUT2D eigenvalue weighted by Crippen LogP contribution is -2.54. The Hall–Kier alpha value is -3.85. The smallest absolute Gasteiger partial charge is 0.264 e. The van der Waals surface area contributed by atoms with Crippen LogP contribution in [0.5, 0.6) is 0 Å². The lowest BCUT2D eigenvalue weighted by Gasteiger charge is -2.34. The van der Waals surface area contributed by atoms with E-state index in [1.54, 1.807) is 55.5 Å². The van der Waals surface area contributed by atoms with Crippen molar-refractivity contribution in [2.75, 3.05) is 10.8 Å². The summed E-state index contributed by atoms with van der Waals surface area (Å²) in [4.78, 5) is 29.9. The van der Waals surface area contributed by atoms with E-state index in [0.717, 1.165) is 9.87 Å². The molecule has 0 aliphatic heterocycles. The molecule has 4 aromatic carbocycles. The number of anilines is 1. The highest BCUT2D eigenvalue weighted by molar-refractivity contribution is 7.92. The molecule has 4 aromatic rings. The lowest BCUT2D eigenvalue weighted by atomic mass is 10.0. The number of nitrogens with one attached hydrogen (secondary N) is 1. The molecule has 0 unspecified atom stereocenters. The summed E-state index contributed by atoms with van der Waals surface area (Å²) >= 11 is 12.6. The van der Waals surface area contributed by atoms with Crippen molar-refractivity contribution in [3.63, 3.8) is 0 Å². The molecule has 0 radical (unpaired) electrons. The molecule has 10 heteroatoms. The molecule has 4 rings (SSSR count). The van der Waals surface area contributed by atoms with Crippen LogP contribution >= 0.6 is 23.2 Å². The Morgan fingerprint density at radius 2 is 1.47 bits per heavy atom. The molecule has 0 fully saturated rings. The maximum absolute atomic E-state index is 14.6. The monoisotopic (exact) mass is 665 g/mol. The summed E-state index contributed by atoms with van der Waals surface area (Å²) < 4.78 is 29.4. The minimum absolute atomic E-state index is 0.00740. The molecule has 0 saturated carbocycles. The average molecular weight is 667 g/mol. The van der Waals surface area contributed by atoms with Crippen molar-refractivity contribution >= 4 is 50.7 Å². The first kappa shape index (κ1) is 34.0. The maximum Gasteiger partial charge on any atom is 0.264 e. The van der Waals surface area contributed by atoms with Crippen molar-refractivity contribution in [1.29, 1.82) is 0 Å². The van der Waals surface area contributed by atoms with Crippen LogP contribution in [0.4, 0.5) is 5.69 Å². The molecule has 0 aliphatic carbocycles. The summed E-state index contributed by atoms with van der Waals surface area (Å²) in [5.41, 5.74) is 2.49. The molecule has 7 nitrogen and oxygen atoms in total. The molecule has 2 atom stereocenters. The molecule has 1 N–H and O–H groups in total. The summed E-state index contributed by atoms with van der Waals surface area (Å²) in [5.74, 6) is -0.896. The first-order chi connectivity index (χ1) is 21.5. The van der Waals surface area contributed by atoms with Gasteiger partial charge in [-0.2, -0.15) is 0 Å². The van der Waals surface area contributed by atoms with Gasteiger partial charge in [0.2, 0.25) is 11.8 Å². The van der Waals surface area contributed by atoms with Gasteiger partial charge in [0.25, 0.3) is 10.0 Å². The molecule has 236 valence electrons. The number of carbonyl (C=O) groups excluding carboxylic acids is 2. The van der Waals surface area contributed by atoms with E-state index in [-0.39, 0.29) is 29.8 Å². The van der Waals surface area contributed by atoms with Crippen LogP contribution in [0.25, 0.3) is 0 Å². The molecular formula is C35H37Cl2N3O4S. The van der Waals surface area contributed by atoms with Gasteiger partial charge in [0.05, 0.1) is 10.6 Å². The molecule has 45 heavy (non-hydrogen) atoms. The van der Waals surface area contributed by atoms with Crippen LogP contribution in [0.3, 0.4) is 0 Å². The van der Waals surface area contributed by atoms with E-state index in [0.29, 0.717) is 33.3 Å².